The molecule has 2 aromatic rings. The summed E-state index contributed by atoms with van der Waals surface area (Å²) in [7, 11) is 0. The Morgan fingerprint density at radius 3 is 3.04 bits per heavy atom. The van der Waals surface area contributed by atoms with Crippen LogP contribution in [0.2, 0.25) is 5.02 Å². The number of aliphatic hydroxyl groups is 1. The van der Waals surface area contributed by atoms with Crippen molar-refractivity contribution in [2.75, 3.05) is 6.54 Å². The van der Waals surface area contributed by atoms with Crippen molar-refractivity contribution in [1.82, 2.24) is 14.9 Å². The van der Waals surface area contributed by atoms with E-state index in [1.54, 1.807) is 18.2 Å². The van der Waals surface area contributed by atoms with Crippen LogP contribution in [-0.4, -0.2) is 39.1 Å². The van der Waals surface area contributed by atoms with Gasteiger partial charge in [0.15, 0.2) is 5.78 Å². The number of aromatic nitrogens is 2. The molecule has 0 spiro atoms. The molecule has 2 unspecified atom stereocenters. The molecular formula is C18H20ClN3O3. The number of ketones is 1. The standard InChI is InChI=1S/C18H20ClN3O3/c1-2-11-6-15-13(8-14(11)19)18(25)22(10-21-15)9-12(23)7-16-17(24)4-3-5-20-16/h2,6,8,10,16-17,20,24H,1,3-5,7,9H2. The summed E-state index contributed by atoms with van der Waals surface area (Å²) < 4.78 is 1.28. The van der Waals surface area contributed by atoms with Gasteiger partial charge in [-0.25, -0.2) is 4.98 Å². The first kappa shape index (κ1) is 17.8. The minimum Gasteiger partial charge on any atom is -0.391 e. The zero-order valence-electron chi connectivity index (χ0n) is 13.7. The van der Waals surface area contributed by atoms with Crippen LogP contribution in [0, 0.1) is 0 Å². The number of fused-ring (bicyclic) bond motifs is 1. The molecule has 0 aliphatic carbocycles. The number of nitrogens with zero attached hydrogens (tertiary/aromatic N) is 2. The monoisotopic (exact) mass is 361 g/mol. The molecule has 1 aromatic heterocycles. The second-order valence-electron chi connectivity index (χ2n) is 6.29. The van der Waals surface area contributed by atoms with Gasteiger partial charge in [-0.2, -0.15) is 0 Å². The lowest BCUT2D eigenvalue weighted by Crippen LogP contribution is -2.46. The van der Waals surface area contributed by atoms with Crippen molar-refractivity contribution in [2.45, 2.75) is 38.0 Å². The van der Waals surface area contributed by atoms with Crippen LogP contribution in [-0.2, 0) is 11.3 Å². The molecule has 0 saturated carbocycles. The van der Waals surface area contributed by atoms with Crippen LogP contribution in [0.5, 0.6) is 0 Å². The fraction of sp³-hybridized carbons (Fsp3) is 0.389. The van der Waals surface area contributed by atoms with Crippen LogP contribution in [0.3, 0.4) is 0 Å². The third kappa shape index (κ3) is 3.81. The molecule has 132 valence electrons. The van der Waals surface area contributed by atoms with Crippen molar-refractivity contribution in [3.63, 3.8) is 0 Å². The van der Waals surface area contributed by atoms with E-state index in [4.69, 9.17) is 11.6 Å². The highest BCUT2D eigenvalue weighted by Gasteiger charge is 2.25. The van der Waals surface area contributed by atoms with Crippen LogP contribution < -0.4 is 10.9 Å². The number of piperidine rings is 1. The largest absolute Gasteiger partial charge is 0.391 e. The second-order valence-corrected chi connectivity index (χ2v) is 6.69. The van der Waals surface area contributed by atoms with E-state index in [1.165, 1.54) is 10.9 Å². The fourth-order valence-corrected chi connectivity index (χ4v) is 3.35. The Bertz CT molecular complexity index is 878. The third-order valence-corrected chi connectivity index (χ3v) is 4.83. The molecule has 2 N–H and O–H groups in total. The van der Waals surface area contributed by atoms with Gasteiger partial charge in [-0.15, -0.1) is 0 Å². The zero-order chi connectivity index (χ0) is 18.0. The maximum Gasteiger partial charge on any atom is 0.261 e. The number of halogens is 1. The predicted molar refractivity (Wildman–Crippen MR) is 97.8 cm³/mol. The quantitative estimate of drug-likeness (QED) is 0.847. The molecule has 1 saturated heterocycles. The number of rotatable bonds is 5. The highest BCUT2D eigenvalue weighted by molar-refractivity contribution is 6.32. The number of nitrogens with one attached hydrogen (secondary N) is 1. The molecule has 0 bridgehead atoms. The topological polar surface area (TPSA) is 84.2 Å². The summed E-state index contributed by atoms with van der Waals surface area (Å²) in [5.41, 5.74) is 0.901. The summed E-state index contributed by atoms with van der Waals surface area (Å²) in [5.74, 6) is -0.129. The van der Waals surface area contributed by atoms with Gasteiger partial charge in [-0.1, -0.05) is 24.3 Å². The van der Waals surface area contributed by atoms with E-state index in [0.29, 0.717) is 27.9 Å². The Morgan fingerprint density at radius 2 is 2.32 bits per heavy atom. The molecule has 6 nitrogen and oxygen atoms in total. The van der Waals surface area contributed by atoms with E-state index in [9.17, 15) is 14.7 Å². The van der Waals surface area contributed by atoms with E-state index in [2.05, 4.69) is 16.9 Å². The first-order valence-corrected chi connectivity index (χ1v) is 8.61. The van der Waals surface area contributed by atoms with Gasteiger partial charge in [-0.05, 0) is 37.1 Å². The van der Waals surface area contributed by atoms with E-state index in [1.807, 2.05) is 0 Å². The zero-order valence-corrected chi connectivity index (χ0v) is 14.5. The van der Waals surface area contributed by atoms with Gasteiger partial charge in [0.2, 0.25) is 0 Å². The van der Waals surface area contributed by atoms with Crippen molar-refractivity contribution >= 4 is 34.4 Å². The lowest BCUT2D eigenvalue weighted by Gasteiger charge is -2.28. The molecule has 1 fully saturated rings. The summed E-state index contributed by atoms with van der Waals surface area (Å²) >= 11 is 6.13. The minimum absolute atomic E-state index is 0.0759. The normalized spacial score (nSPS) is 20.6. The van der Waals surface area contributed by atoms with Gasteiger partial charge in [-0.3, -0.25) is 14.2 Å². The second kappa shape index (κ2) is 7.47. The maximum absolute atomic E-state index is 12.6. The number of carbonyl (C=O) groups excluding carboxylic acids is 1. The number of carbonyl (C=O) groups is 1. The van der Waals surface area contributed by atoms with Gasteiger partial charge in [0.25, 0.3) is 5.56 Å². The summed E-state index contributed by atoms with van der Waals surface area (Å²) in [6.07, 6.45) is 4.21. The van der Waals surface area contributed by atoms with Crippen LogP contribution >= 0.6 is 11.6 Å². The molecule has 0 radical (unpaired) electrons. The maximum atomic E-state index is 12.6. The Labute approximate surface area is 150 Å². The lowest BCUT2D eigenvalue weighted by molar-refractivity contribution is -0.121. The van der Waals surface area contributed by atoms with Crippen LogP contribution in [0.4, 0.5) is 0 Å². The molecule has 3 rings (SSSR count). The Hall–Kier alpha value is -2.02. The molecule has 1 aliphatic heterocycles. The predicted octanol–water partition coefficient (Wildman–Crippen LogP) is 1.76. The van der Waals surface area contributed by atoms with Crippen molar-refractivity contribution in [2.24, 2.45) is 0 Å². The van der Waals surface area contributed by atoms with Crippen LogP contribution in [0.25, 0.3) is 17.0 Å². The summed E-state index contributed by atoms with van der Waals surface area (Å²) in [4.78, 5) is 29.1. The van der Waals surface area contributed by atoms with E-state index in [0.717, 1.165) is 13.0 Å². The van der Waals surface area contributed by atoms with Crippen LogP contribution in [0.15, 0.2) is 29.8 Å². The van der Waals surface area contributed by atoms with Crippen molar-refractivity contribution in [1.29, 1.82) is 0 Å². The van der Waals surface area contributed by atoms with E-state index in [-0.39, 0.29) is 30.3 Å². The SMILES string of the molecule is C=Cc1cc2ncn(CC(=O)CC3NCCCC3O)c(=O)c2cc1Cl. The highest BCUT2D eigenvalue weighted by Crippen LogP contribution is 2.21. The van der Waals surface area contributed by atoms with Gasteiger partial charge < -0.3 is 10.4 Å². The van der Waals surface area contributed by atoms with Crippen molar-refractivity contribution in [3.8, 4) is 0 Å². The molecule has 1 aliphatic rings. The Morgan fingerprint density at radius 1 is 1.52 bits per heavy atom. The van der Waals surface area contributed by atoms with Gasteiger partial charge >= 0.3 is 0 Å². The first-order valence-electron chi connectivity index (χ1n) is 8.24. The van der Waals surface area contributed by atoms with Gasteiger partial charge in [0, 0.05) is 17.5 Å². The Kier molecular flexibility index (Phi) is 5.32. The molecule has 2 atom stereocenters. The van der Waals surface area contributed by atoms with Crippen molar-refractivity contribution in [3.05, 3.63) is 46.0 Å². The highest BCUT2D eigenvalue weighted by atomic mass is 35.5. The lowest BCUT2D eigenvalue weighted by atomic mass is 9.97. The average molecular weight is 362 g/mol. The number of benzene rings is 1. The summed E-state index contributed by atoms with van der Waals surface area (Å²) in [5, 5.41) is 13.9. The molecule has 25 heavy (non-hydrogen) atoms. The third-order valence-electron chi connectivity index (χ3n) is 4.50. The Balaban J connectivity index is 1.81. The molecule has 2 heterocycles. The van der Waals surface area contributed by atoms with E-state index >= 15 is 0 Å². The molecule has 7 heteroatoms. The fourth-order valence-electron chi connectivity index (χ4n) is 3.11. The van der Waals surface area contributed by atoms with Crippen LogP contribution in [0.1, 0.15) is 24.8 Å². The van der Waals surface area contributed by atoms with Crippen molar-refractivity contribution < 1.29 is 9.90 Å². The smallest absolute Gasteiger partial charge is 0.261 e. The molecular weight excluding hydrogens is 342 g/mol. The average Bonchev–Trinajstić information content (AvgIpc) is 2.59. The van der Waals surface area contributed by atoms with Gasteiger partial charge in [0.05, 0.1) is 29.9 Å². The van der Waals surface area contributed by atoms with Gasteiger partial charge in [0.1, 0.15) is 0 Å². The number of hydrogen-bond acceptors (Lipinski definition) is 5. The number of hydrogen-bond donors (Lipinski definition) is 2. The minimum atomic E-state index is -0.528. The van der Waals surface area contributed by atoms with E-state index < -0.39 is 6.10 Å². The summed E-state index contributed by atoms with van der Waals surface area (Å²) in [6, 6.07) is 2.99. The number of Topliss-reactive ketones (excluding diaryl/α,β-unsaturated/α-hetero) is 1. The number of aliphatic hydroxyl groups excluding tert-OH is 1. The molecule has 1 aromatic carbocycles. The first-order chi connectivity index (χ1) is 12.0. The summed E-state index contributed by atoms with van der Waals surface area (Å²) in [6.45, 7) is 4.39. The molecule has 0 amide bonds.